The van der Waals surface area contributed by atoms with Crippen LogP contribution < -0.4 is 0 Å². The molecule has 0 spiro atoms. The van der Waals surface area contributed by atoms with Crippen molar-refractivity contribution in [1.82, 2.24) is 4.90 Å². The molecule has 0 unspecified atom stereocenters. The monoisotopic (exact) mass is 443 g/mol. The third kappa shape index (κ3) is 9.15. The maximum absolute atomic E-state index is 12.5. The number of amides is 1. The Morgan fingerprint density at radius 1 is 1.03 bits per heavy atom. The van der Waals surface area contributed by atoms with E-state index in [2.05, 4.69) is 31.2 Å². The summed E-state index contributed by atoms with van der Waals surface area (Å²) in [5.74, 6) is 0.292. The van der Waals surface area contributed by atoms with E-state index in [1.54, 1.807) is 6.92 Å². The lowest BCUT2D eigenvalue weighted by atomic mass is 9.92. The van der Waals surface area contributed by atoms with Crippen LogP contribution >= 0.6 is 0 Å². The van der Waals surface area contributed by atoms with Gasteiger partial charge in [-0.3, -0.25) is 4.90 Å². The van der Waals surface area contributed by atoms with Crippen molar-refractivity contribution in [2.24, 2.45) is 0 Å². The SMILES string of the molecule is COC(=O)N1[C@@H](C/C=C/CCCCCCCC(C)=O)CC[C@H](OCc2ccccc2)[C@@H]1C. The maximum atomic E-state index is 12.5. The minimum atomic E-state index is -0.269. The third-order valence-corrected chi connectivity index (χ3v) is 6.32. The number of carbonyl (C=O) groups excluding carboxylic acids is 2. The van der Waals surface area contributed by atoms with Crippen molar-refractivity contribution in [3.8, 4) is 0 Å². The number of hydrogen-bond acceptors (Lipinski definition) is 4. The summed E-state index contributed by atoms with van der Waals surface area (Å²) in [6, 6.07) is 10.3. The number of benzene rings is 1. The number of allylic oxidation sites excluding steroid dienone is 1. The van der Waals surface area contributed by atoms with E-state index in [0.717, 1.165) is 44.1 Å². The molecule has 1 saturated heterocycles. The van der Waals surface area contributed by atoms with Crippen LogP contribution in [0.2, 0.25) is 0 Å². The highest BCUT2D eigenvalue weighted by Gasteiger charge is 2.38. The van der Waals surface area contributed by atoms with Crippen molar-refractivity contribution in [2.45, 2.75) is 103 Å². The van der Waals surface area contributed by atoms with E-state index in [1.807, 2.05) is 23.1 Å². The first kappa shape index (κ1) is 26.1. The number of rotatable bonds is 13. The number of hydrogen-bond donors (Lipinski definition) is 0. The molecule has 1 amide bonds. The summed E-state index contributed by atoms with van der Waals surface area (Å²) >= 11 is 0. The summed E-state index contributed by atoms with van der Waals surface area (Å²) in [5.41, 5.74) is 1.15. The Bertz CT molecular complexity index is 703. The molecule has 2 rings (SSSR count). The van der Waals surface area contributed by atoms with Gasteiger partial charge in [-0.1, -0.05) is 61.7 Å². The van der Waals surface area contributed by atoms with Gasteiger partial charge in [-0.15, -0.1) is 0 Å². The number of nitrogens with zero attached hydrogens (tertiary/aromatic N) is 1. The van der Waals surface area contributed by atoms with E-state index in [9.17, 15) is 9.59 Å². The Morgan fingerprint density at radius 3 is 2.47 bits per heavy atom. The number of piperidine rings is 1. The number of likely N-dealkylation sites (tertiary alicyclic amines) is 1. The molecule has 0 saturated carbocycles. The molecule has 0 bridgehead atoms. The Morgan fingerprint density at radius 2 is 1.75 bits per heavy atom. The summed E-state index contributed by atoms with van der Waals surface area (Å²) in [4.78, 5) is 25.3. The van der Waals surface area contributed by atoms with Gasteiger partial charge in [0.1, 0.15) is 5.78 Å². The number of Topliss-reactive ketones (excluding diaryl/α,β-unsaturated/α-hetero) is 1. The van der Waals surface area contributed by atoms with Crippen LogP contribution in [0, 0.1) is 0 Å². The predicted octanol–water partition coefficient (Wildman–Crippen LogP) is 6.46. The standard InChI is InChI=1S/C27H41NO4/c1-22(29)15-11-8-6-4-5-7-9-14-18-25-19-20-26(23(2)28(25)27(30)31-3)32-21-24-16-12-10-13-17-24/h9-10,12-14,16-17,23,25-26H,4-8,11,15,18-21H2,1-3H3/b14-9+/t23-,25-,26-/m0/s1. The molecule has 0 aromatic heterocycles. The van der Waals surface area contributed by atoms with Crippen molar-refractivity contribution >= 4 is 11.9 Å². The van der Waals surface area contributed by atoms with Crippen LogP contribution in [-0.4, -0.2) is 42.1 Å². The molecule has 1 fully saturated rings. The molecule has 1 aliphatic rings. The van der Waals surface area contributed by atoms with Crippen LogP contribution in [0.5, 0.6) is 0 Å². The minimum absolute atomic E-state index is 0.0116. The van der Waals surface area contributed by atoms with Crippen molar-refractivity contribution in [1.29, 1.82) is 0 Å². The van der Waals surface area contributed by atoms with Gasteiger partial charge in [0.05, 0.1) is 25.9 Å². The van der Waals surface area contributed by atoms with Gasteiger partial charge in [0, 0.05) is 12.5 Å². The molecule has 5 heteroatoms. The first-order valence-electron chi connectivity index (χ1n) is 12.2. The van der Waals surface area contributed by atoms with Crippen LogP contribution in [0.25, 0.3) is 0 Å². The Kier molecular flexibility index (Phi) is 12.1. The fourth-order valence-corrected chi connectivity index (χ4v) is 4.44. The number of carbonyl (C=O) groups is 2. The van der Waals surface area contributed by atoms with Crippen molar-refractivity contribution in [2.75, 3.05) is 7.11 Å². The fraction of sp³-hybridized carbons (Fsp3) is 0.630. The molecule has 1 heterocycles. The van der Waals surface area contributed by atoms with Crippen molar-refractivity contribution in [3.05, 3.63) is 48.0 Å². The zero-order valence-electron chi connectivity index (χ0n) is 20.1. The van der Waals surface area contributed by atoms with Crippen LogP contribution in [0.1, 0.15) is 83.6 Å². The lowest BCUT2D eigenvalue weighted by molar-refractivity contribution is -0.117. The number of methoxy groups -OCH3 is 1. The average Bonchev–Trinajstić information content (AvgIpc) is 2.79. The highest BCUT2D eigenvalue weighted by Crippen LogP contribution is 2.29. The summed E-state index contributed by atoms with van der Waals surface area (Å²) < 4.78 is 11.3. The lowest BCUT2D eigenvalue weighted by Crippen LogP contribution is -2.55. The molecule has 0 radical (unpaired) electrons. The largest absolute Gasteiger partial charge is 0.453 e. The molecule has 1 aromatic carbocycles. The Hall–Kier alpha value is -2.14. The van der Waals surface area contributed by atoms with Gasteiger partial charge in [0.15, 0.2) is 0 Å². The summed E-state index contributed by atoms with van der Waals surface area (Å²) in [6.07, 6.45) is 14.4. The highest BCUT2D eigenvalue weighted by atomic mass is 16.5. The van der Waals surface area contributed by atoms with E-state index in [0.29, 0.717) is 18.8 Å². The normalized spacial score (nSPS) is 21.1. The van der Waals surface area contributed by atoms with Crippen LogP contribution in [0.3, 0.4) is 0 Å². The molecule has 5 nitrogen and oxygen atoms in total. The van der Waals surface area contributed by atoms with E-state index in [1.165, 1.54) is 26.4 Å². The zero-order valence-corrected chi connectivity index (χ0v) is 20.1. The second-order valence-electron chi connectivity index (χ2n) is 8.90. The molecule has 0 aliphatic carbocycles. The topological polar surface area (TPSA) is 55.8 Å². The fourth-order valence-electron chi connectivity index (χ4n) is 4.44. The highest BCUT2D eigenvalue weighted by molar-refractivity contribution is 5.75. The zero-order chi connectivity index (χ0) is 23.2. The second-order valence-corrected chi connectivity index (χ2v) is 8.90. The molecule has 32 heavy (non-hydrogen) atoms. The average molecular weight is 444 g/mol. The van der Waals surface area contributed by atoms with Gasteiger partial charge in [0.2, 0.25) is 0 Å². The molecule has 1 aliphatic heterocycles. The quantitative estimate of drug-likeness (QED) is 0.259. The van der Waals surface area contributed by atoms with E-state index >= 15 is 0 Å². The smallest absolute Gasteiger partial charge is 0.410 e. The molecule has 0 N–H and O–H groups in total. The van der Waals surface area contributed by atoms with Gasteiger partial charge in [0.25, 0.3) is 0 Å². The van der Waals surface area contributed by atoms with Gasteiger partial charge in [-0.25, -0.2) is 4.79 Å². The minimum Gasteiger partial charge on any atom is -0.453 e. The molecular formula is C27H41NO4. The summed E-state index contributed by atoms with van der Waals surface area (Å²) in [6.45, 7) is 4.29. The van der Waals surface area contributed by atoms with Crippen LogP contribution in [-0.2, 0) is 20.9 Å². The molecule has 1 aromatic rings. The number of ketones is 1. The molecular weight excluding hydrogens is 402 g/mol. The second kappa shape index (κ2) is 14.8. The molecule has 178 valence electrons. The summed E-state index contributed by atoms with van der Waals surface area (Å²) in [5, 5.41) is 0. The summed E-state index contributed by atoms with van der Waals surface area (Å²) in [7, 11) is 1.45. The van der Waals surface area contributed by atoms with E-state index in [-0.39, 0.29) is 24.3 Å². The third-order valence-electron chi connectivity index (χ3n) is 6.32. The molecule has 3 atom stereocenters. The van der Waals surface area contributed by atoms with Crippen LogP contribution in [0.4, 0.5) is 4.79 Å². The van der Waals surface area contributed by atoms with Gasteiger partial charge < -0.3 is 14.3 Å². The van der Waals surface area contributed by atoms with E-state index in [4.69, 9.17) is 9.47 Å². The van der Waals surface area contributed by atoms with Gasteiger partial charge in [-0.2, -0.15) is 0 Å². The first-order valence-corrected chi connectivity index (χ1v) is 12.2. The van der Waals surface area contributed by atoms with Gasteiger partial charge >= 0.3 is 6.09 Å². The lowest BCUT2D eigenvalue weighted by Gasteiger charge is -2.43. The van der Waals surface area contributed by atoms with Crippen LogP contribution in [0.15, 0.2) is 42.5 Å². The number of ether oxygens (including phenoxy) is 2. The number of unbranched alkanes of at least 4 members (excludes halogenated alkanes) is 5. The first-order chi connectivity index (χ1) is 15.5. The van der Waals surface area contributed by atoms with Crippen molar-refractivity contribution < 1.29 is 19.1 Å². The van der Waals surface area contributed by atoms with Gasteiger partial charge in [-0.05, 0) is 57.9 Å². The van der Waals surface area contributed by atoms with Crippen molar-refractivity contribution in [3.63, 3.8) is 0 Å². The predicted molar refractivity (Wildman–Crippen MR) is 129 cm³/mol. The maximum Gasteiger partial charge on any atom is 0.410 e. The Labute approximate surface area is 194 Å². The Balaban J connectivity index is 1.74. The van der Waals surface area contributed by atoms with E-state index < -0.39 is 0 Å².